The van der Waals surface area contributed by atoms with Crippen molar-refractivity contribution in [1.29, 1.82) is 0 Å². The molecule has 0 amide bonds. The second-order valence-electron chi connectivity index (χ2n) is 11.1. The van der Waals surface area contributed by atoms with Gasteiger partial charge in [-0.25, -0.2) is 13.4 Å². The molecule has 4 N–H and O–H groups in total. The second kappa shape index (κ2) is 12.8. The minimum Gasteiger partial charge on any atom is -0.382 e. The summed E-state index contributed by atoms with van der Waals surface area (Å²) in [5.41, 5.74) is 14.2. The van der Waals surface area contributed by atoms with E-state index in [1.807, 2.05) is 12.4 Å². The lowest BCUT2D eigenvalue weighted by molar-refractivity contribution is 0.277. The maximum atomic E-state index is 13.2. The topological polar surface area (TPSA) is 136 Å². The Morgan fingerprint density at radius 2 is 1.48 bits per heavy atom. The fraction of sp³-hybridized carbons (Fsp3) is 0.593. The lowest BCUT2D eigenvalue weighted by Gasteiger charge is -2.44. The van der Waals surface area contributed by atoms with E-state index in [0.29, 0.717) is 54.2 Å². The Labute approximate surface area is 248 Å². The monoisotopic (exact) mass is 610 g/mol. The van der Waals surface area contributed by atoms with Gasteiger partial charge in [-0.1, -0.05) is 31.0 Å². The number of sulfonamides is 1. The molecule has 0 bridgehead atoms. The average Bonchev–Trinajstić information content (AvgIpc) is 3.61. The van der Waals surface area contributed by atoms with Crippen molar-refractivity contribution in [2.45, 2.75) is 93.3 Å². The normalized spacial score (nSPS) is 23.0. The Morgan fingerprint density at radius 1 is 0.850 bits per heavy atom. The largest absolute Gasteiger partial charge is 0.382 e. The van der Waals surface area contributed by atoms with Crippen LogP contribution in [0.2, 0.25) is 0 Å². The summed E-state index contributed by atoms with van der Waals surface area (Å²) in [6, 6.07) is 9.69. The molecule has 2 aromatic heterocycles. The summed E-state index contributed by atoms with van der Waals surface area (Å²) in [5, 5.41) is 0. The molecule has 13 heteroatoms. The van der Waals surface area contributed by atoms with Crippen molar-refractivity contribution < 1.29 is 8.42 Å². The molecule has 1 saturated heterocycles. The number of benzene rings is 1. The van der Waals surface area contributed by atoms with E-state index >= 15 is 0 Å². The first-order valence-corrected chi connectivity index (χ1v) is 15.4. The summed E-state index contributed by atoms with van der Waals surface area (Å²) in [4.78, 5) is 17.1. The number of imidazole rings is 1. The van der Waals surface area contributed by atoms with Crippen LogP contribution in [0, 0.1) is 0 Å². The Kier molecular flexibility index (Phi) is 9.82. The van der Waals surface area contributed by atoms with Crippen molar-refractivity contribution in [2.24, 2.45) is 5.73 Å². The van der Waals surface area contributed by atoms with Gasteiger partial charge < -0.3 is 20.9 Å². The van der Waals surface area contributed by atoms with Crippen molar-refractivity contribution in [1.82, 2.24) is 23.8 Å². The van der Waals surface area contributed by atoms with Crippen molar-refractivity contribution in [3.63, 3.8) is 0 Å². The lowest BCUT2D eigenvalue weighted by atomic mass is 9.89. The maximum Gasteiger partial charge on any atom is 0.243 e. The van der Waals surface area contributed by atoms with Gasteiger partial charge in [0.2, 0.25) is 16.0 Å². The number of nitrogen functional groups attached to an aromatic ring is 1. The number of hydrogen-bond donors (Lipinski definition) is 2. The van der Waals surface area contributed by atoms with Crippen LogP contribution in [0.4, 0.5) is 11.8 Å². The van der Waals surface area contributed by atoms with Gasteiger partial charge in [0.25, 0.3) is 0 Å². The predicted octanol–water partition coefficient (Wildman–Crippen LogP) is 4.30. The van der Waals surface area contributed by atoms with Crippen molar-refractivity contribution in [3.8, 4) is 0 Å². The lowest BCUT2D eigenvalue weighted by Crippen LogP contribution is -2.52. The quantitative estimate of drug-likeness (QED) is 0.421. The predicted molar refractivity (Wildman–Crippen MR) is 163 cm³/mol. The number of anilines is 2. The highest BCUT2D eigenvalue weighted by atomic mass is 35.5. The molecule has 3 heterocycles. The molecular formula is C27H40Cl2N8O2S. The Bertz CT molecular complexity index is 1370. The molecule has 3 aromatic rings. The third-order valence-corrected chi connectivity index (χ3v) is 10.6. The van der Waals surface area contributed by atoms with E-state index in [9.17, 15) is 8.42 Å². The van der Waals surface area contributed by atoms with Crippen molar-refractivity contribution in [2.75, 3.05) is 23.7 Å². The van der Waals surface area contributed by atoms with Gasteiger partial charge in [-0.15, -0.1) is 24.8 Å². The molecule has 10 nitrogen and oxygen atoms in total. The third-order valence-electron chi connectivity index (χ3n) is 8.72. The molecule has 2 aliphatic carbocycles. The molecule has 3 fully saturated rings. The Balaban J connectivity index is 0.00000185. The number of nitrogens with two attached hydrogens (primary N) is 2. The van der Waals surface area contributed by atoms with Crippen molar-refractivity contribution in [3.05, 3.63) is 36.7 Å². The number of halogens is 2. The van der Waals surface area contributed by atoms with Crippen LogP contribution in [0.5, 0.6) is 0 Å². The van der Waals surface area contributed by atoms with Crippen LogP contribution in [-0.4, -0.2) is 63.5 Å². The smallest absolute Gasteiger partial charge is 0.243 e. The molecule has 40 heavy (non-hydrogen) atoms. The van der Waals surface area contributed by atoms with Crippen LogP contribution >= 0.6 is 24.8 Å². The fourth-order valence-electron chi connectivity index (χ4n) is 6.60. The molecule has 0 radical (unpaired) electrons. The van der Waals surface area contributed by atoms with Crippen molar-refractivity contribution >= 4 is 57.8 Å². The van der Waals surface area contributed by atoms with Gasteiger partial charge in [-0.05, 0) is 63.5 Å². The number of fused-ring (bicyclic) bond motifs is 1. The van der Waals surface area contributed by atoms with E-state index in [1.54, 1.807) is 28.6 Å². The summed E-state index contributed by atoms with van der Waals surface area (Å²) < 4.78 is 30.3. The minimum atomic E-state index is -3.52. The molecule has 3 aliphatic rings. The first-order valence-electron chi connectivity index (χ1n) is 14.0. The van der Waals surface area contributed by atoms with E-state index in [0.717, 1.165) is 44.2 Å². The highest BCUT2D eigenvalue weighted by Crippen LogP contribution is 2.36. The summed E-state index contributed by atoms with van der Waals surface area (Å²) in [7, 11) is -3.52. The Hall–Kier alpha value is -2.18. The maximum absolute atomic E-state index is 13.2. The van der Waals surface area contributed by atoms with Gasteiger partial charge in [-0.3, -0.25) is 0 Å². The zero-order valence-corrected chi connectivity index (χ0v) is 25.1. The number of piperidine rings is 1. The average molecular weight is 612 g/mol. The van der Waals surface area contributed by atoms with E-state index in [-0.39, 0.29) is 42.9 Å². The van der Waals surface area contributed by atoms with Crippen LogP contribution in [0.15, 0.2) is 41.6 Å². The standard InChI is InChI=1S/C27H38N8O2S.2ClH/c28-19-10-12-21(13-11-19)35(22-14-16-33(17-15-22)38(36,37)23-8-2-1-3-9-23)27-31-25(29)24-26(32-27)34(18-30-24)20-6-4-5-7-20;;/h1-3,8-9,18-22H,4-7,10-17,28H2,(H2,29,31,32);2*1H/t19-,21-;;. The SMILES string of the molecule is Cl.Cl.Nc1nc(N(C2CCN(S(=O)(=O)c3ccccc3)CC2)[C@H]2CC[C@H](N)CC2)nc2c1ncn2C1CCCC1. The van der Waals surface area contributed by atoms with Gasteiger partial charge in [0.1, 0.15) is 5.52 Å². The van der Waals surface area contributed by atoms with Gasteiger partial charge in [0, 0.05) is 37.3 Å². The van der Waals surface area contributed by atoms with Crippen LogP contribution in [0.1, 0.15) is 70.3 Å². The third kappa shape index (κ3) is 5.90. The molecule has 1 aliphatic heterocycles. The van der Waals surface area contributed by atoms with E-state index < -0.39 is 10.0 Å². The first kappa shape index (κ1) is 30.8. The van der Waals surface area contributed by atoms with Gasteiger partial charge >= 0.3 is 0 Å². The van der Waals surface area contributed by atoms with Crippen LogP contribution in [0.3, 0.4) is 0 Å². The molecule has 0 atom stereocenters. The van der Waals surface area contributed by atoms with Crippen LogP contribution in [-0.2, 0) is 10.0 Å². The zero-order chi connectivity index (χ0) is 26.3. The molecule has 6 rings (SSSR count). The van der Waals surface area contributed by atoms with Gasteiger partial charge in [-0.2, -0.15) is 14.3 Å². The van der Waals surface area contributed by atoms with Crippen LogP contribution in [0.25, 0.3) is 11.2 Å². The first-order chi connectivity index (χ1) is 18.4. The molecule has 0 spiro atoms. The molecule has 0 unspecified atom stereocenters. The minimum absolute atomic E-state index is 0. The Morgan fingerprint density at radius 3 is 2.12 bits per heavy atom. The summed E-state index contributed by atoms with van der Waals surface area (Å²) in [5.74, 6) is 1.04. The number of aromatic nitrogens is 4. The van der Waals surface area contributed by atoms with Crippen LogP contribution < -0.4 is 16.4 Å². The summed E-state index contributed by atoms with van der Waals surface area (Å²) in [6.07, 6.45) is 11.8. The fourth-order valence-corrected chi connectivity index (χ4v) is 8.09. The molecule has 220 valence electrons. The van der Waals surface area contributed by atoms with Gasteiger partial charge in [0.15, 0.2) is 11.5 Å². The highest BCUT2D eigenvalue weighted by molar-refractivity contribution is 7.89. The zero-order valence-electron chi connectivity index (χ0n) is 22.6. The van der Waals surface area contributed by atoms with E-state index in [1.165, 1.54) is 12.8 Å². The number of rotatable bonds is 6. The van der Waals surface area contributed by atoms with Gasteiger partial charge in [0.05, 0.1) is 11.2 Å². The molecule has 1 aromatic carbocycles. The summed E-state index contributed by atoms with van der Waals surface area (Å²) in [6.45, 7) is 0.921. The summed E-state index contributed by atoms with van der Waals surface area (Å²) >= 11 is 0. The van der Waals surface area contributed by atoms with E-state index in [2.05, 4.69) is 14.5 Å². The number of hydrogen-bond acceptors (Lipinski definition) is 8. The molecule has 2 saturated carbocycles. The number of nitrogens with zero attached hydrogens (tertiary/aromatic N) is 6. The van der Waals surface area contributed by atoms with E-state index in [4.69, 9.17) is 21.4 Å². The highest BCUT2D eigenvalue weighted by Gasteiger charge is 2.37. The molecular weight excluding hydrogens is 571 g/mol. The second-order valence-corrected chi connectivity index (χ2v) is 13.0.